The molecule has 0 bridgehead atoms. The van der Waals surface area contributed by atoms with Gasteiger partial charge in [0.15, 0.2) is 6.10 Å². The Balaban J connectivity index is 2.06. The number of amides is 1. The lowest BCUT2D eigenvalue weighted by Gasteiger charge is -2.39. The first kappa shape index (κ1) is 13.0. The summed E-state index contributed by atoms with van der Waals surface area (Å²) in [7, 11) is 1.69. The van der Waals surface area contributed by atoms with Gasteiger partial charge in [-0.2, -0.15) is 0 Å². The van der Waals surface area contributed by atoms with Crippen molar-refractivity contribution in [2.45, 2.75) is 37.7 Å². The number of carboxylic acids is 1. The van der Waals surface area contributed by atoms with E-state index >= 15 is 0 Å². The molecule has 1 atom stereocenters. The van der Waals surface area contributed by atoms with E-state index in [1.165, 1.54) is 0 Å². The third-order valence-electron chi connectivity index (χ3n) is 4.47. The van der Waals surface area contributed by atoms with Crippen LogP contribution in [0.2, 0.25) is 0 Å². The molecule has 1 unspecified atom stereocenters. The Kier molecular flexibility index (Phi) is 2.74. The maximum Gasteiger partial charge on any atom is 0.314 e. The molecule has 1 aromatic carbocycles. The van der Waals surface area contributed by atoms with E-state index in [9.17, 15) is 14.7 Å². The minimum absolute atomic E-state index is 0.118. The number of carbonyl (C=O) groups excluding carboxylic acids is 1. The van der Waals surface area contributed by atoms with Crippen molar-refractivity contribution in [2.24, 2.45) is 0 Å². The van der Waals surface area contributed by atoms with Crippen LogP contribution in [0.3, 0.4) is 0 Å². The summed E-state index contributed by atoms with van der Waals surface area (Å²) in [5.74, 6) is -0.279. The summed E-state index contributed by atoms with van der Waals surface area (Å²) in [4.78, 5) is 25.1. The summed E-state index contributed by atoms with van der Waals surface area (Å²) in [6.07, 6.45) is 1.72. The van der Waals surface area contributed by atoms with Gasteiger partial charge in [-0.3, -0.25) is 9.59 Å². The zero-order valence-corrected chi connectivity index (χ0v) is 11.5. The quantitative estimate of drug-likeness (QED) is 0.895. The lowest BCUT2D eigenvalue weighted by molar-refractivity contribution is -0.147. The van der Waals surface area contributed by atoms with Gasteiger partial charge < -0.3 is 14.7 Å². The van der Waals surface area contributed by atoms with Crippen LogP contribution >= 0.6 is 0 Å². The minimum atomic E-state index is -0.790. The Labute approximate surface area is 117 Å². The first-order valence-electron chi connectivity index (χ1n) is 6.78. The van der Waals surface area contributed by atoms with Gasteiger partial charge in [-0.25, -0.2) is 0 Å². The number of likely N-dealkylation sites (N-methyl/N-ethyl adjacent to an activating group) is 1. The Morgan fingerprint density at radius 1 is 1.45 bits per heavy atom. The van der Waals surface area contributed by atoms with E-state index in [1.807, 2.05) is 6.07 Å². The molecule has 1 amide bonds. The summed E-state index contributed by atoms with van der Waals surface area (Å²) in [6.45, 7) is 1.71. The summed E-state index contributed by atoms with van der Waals surface area (Å²) in [6, 6.07) is 5.36. The highest BCUT2D eigenvalue weighted by atomic mass is 16.5. The fourth-order valence-corrected chi connectivity index (χ4v) is 2.97. The van der Waals surface area contributed by atoms with Gasteiger partial charge >= 0.3 is 5.97 Å². The van der Waals surface area contributed by atoms with Gasteiger partial charge in [0.05, 0.1) is 11.1 Å². The Morgan fingerprint density at radius 2 is 2.15 bits per heavy atom. The molecule has 5 heteroatoms. The van der Waals surface area contributed by atoms with E-state index in [0.29, 0.717) is 24.3 Å². The number of carbonyl (C=O) groups is 2. The molecule has 3 rings (SSSR count). The molecule has 5 nitrogen and oxygen atoms in total. The van der Waals surface area contributed by atoms with Crippen LogP contribution in [-0.4, -0.2) is 30.1 Å². The van der Waals surface area contributed by atoms with Crippen molar-refractivity contribution >= 4 is 17.6 Å². The van der Waals surface area contributed by atoms with Crippen LogP contribution in [0.5, 0.6) is 5.75 Å². The molecule has 1 aliphatic carbocycles. The van der Waals surface area contributed by atoms with Crippen LogP contribution in [0.15, 0.2) is 18.2 Å². The van der Waals surface area contributed by atoms with Gasteiger partial charge in [-0.1, -0.05) is 12.5 Å². The van der Waals surface area contributed by atoms with Gasteiger partial charge in [0.1, 0.15) is 5.75 Å². The van der Waals surface area contributed by atoms with E-state index in [0.717, 1.165) is 12.0 Å². The largest absolute Gasteiger partial charge is 0.481 e. The average Bonchev–Trinajstić information content (AvgIpc) is 2.35. The third-order valence-corrected chi connectivity index (χ3v) is 4.47. The summed E-state index contributed by atoms with van der Waals surface area (Å²) in [5.41, 5.74) is 0.619. The van der Waals surface area contributed by atoms with Crippen LogP contribution in [0.4, 0.5) is 5.69 Å². The second-order valence-electron chi connectivity index (χ2n) is 5.58. The lowest BCUT2D eigenvalue weighted by Crippen LogP contribution is -2.44. The van der Waals surface area contributed by atoms with Crippen molar-refractivity contribution in [1.29, 1.82) is 0 Å². The number of rotatable bonds is 2. The monoisotopic (exact) mass is 275 g/mol. The highest BCUT2D eigenvalue weighted by molar-refractivity contribution is 5.99. The van der Waals surface area contributed by atoms with E-state index in [-0.39, 0.29) is 5.91 Å². The molecule has 0 radical (unpaired) electrons. The van der Waals surface area contributed by atoms with Gasteiger partial charge in [0, 0.05) is 7.05 Å². The van der Waals surface area contributed by atoms with Crippen molar-refractivity contribution in [2.75, 3.05) is 11.9 Å². The summed E-state index contributed by atoms with van der Waals surface area (Å²) in [5, 5.41) is 9.49. The molecule has 1 heterocycles. The summed E-state index contributed by atoms with van der Waals surface area (Å²) >= 11 is 0. The lowest BCUT2D eigenvalue weighted by atomic mass is 9.64. The molecule has 1 fully saturated rings. The molecular formula is C15H17NO4. The standard InChI is InChI=1S/C15H17NO4/c1-9-13(17)16(2)11-8-10(4-5-12(11)20-9)15(14(18)19)6-3-7-15/h4-5,8-9H,3,6-7H2,1-2H3,(H,18,19). The number of anilines is 1. The molecule has 20 heavy (non-hydrogen) atoms. The van der Waals surface area contributed by atoms with Crippen LogP contribution in [-0.2, 0) is 15.0 Å². The van der Waals surface area contributed by atoms with Crippen molar-refractivity contribution in [3.05, 3.63) is 23.8 Å². The average molecular weight is 275 g/mol. The normalized spacial score (nSPS) is 23.6. The molecule has 1 N–H and O–H groups in total. The molecule has 106 valence electrons. The second kappa shape index (κ2) is 4.23. The SMILES string of the molecule is CC1Oc2ccc(C3(C(=O)O)CCC3)cc2N(C)C1=O. The smallest absolute Gasteiger partial charge is 0.314 e. The molecule has 0 saturated heterocycles. The number of aliphatic carboxylic acids is 1. The van der Waals surface area contributed by atoms with Crippen molar-refractivity contribution < 1.29 is 19.4 Å². The zero-order valence-electron chi connectivity index (χ0n) is 11.5. The fraction of sp³-hybridized carbons (Fsp3) is 0.467. The molecule has 0 spiro atoms. The Morgan fingerprint density at radius 3 is 2.70 bits per heavy atom. The van der Waals surface area contributed by atoms with Gasteiger partial charge in [0.25, 0.3) is 5.91 Å². The second-order valence-corrected chi connectivity index (χ2v) is 5.58. The third kappa shape index (κ3) is 1.62. The van der Waals surface area contributed by atoms with Gasteiger partial charge in [0.2, 0.25) is 0 Å². The predicted octanol–water partition coefficient (Wildman–Crippen LogP) is 1.94. The molecule has 1 aromatic rings. The highest BCUT2D eigenvalue weighted by Gasteiger charge is 2.46. The number of hydrogen-bond acceptors (Lipinski definition) is 3. The predicted molar refractivity (Wildman–Crippen MR) is 73.1 cm³/mol. The van der Waals surface area contributed by atoms with Crippen LogP contribution in [0.1, 0.15) is 31.7 Å². The topological polar surface area (TPSA) is 66.8 Å². The molecule has 2 aliphatic rings. The van der Waals surface area contributed by atoms with E-state index in [4.69, 9.17) is 4.74 Å². The van der Waals surface area contributed by atoms with Crippen molar-refractivity contribution in [3.63, 3.8) is 0 Å². The van der Waals surface area contributed by atoms with E-state index in [1.54, 1.807) is 31.0 Å². The van der Waals surface area contributed by atoms with Crippen LogP contribution < -0.4 is 9.64 Å². The molecular weight excluding hydrogens is 258 g/mol. The van der Waals surface area contributed by atoms with Gasteiger partial charge in [-0.05, 0) is 37.5 Å². The molecule has 1 saturated carbocycles. The molecule has 1 aliphatic heterocycles. The number of fused-ring (bicyclic) bond motifs is 1. The maximum atomic E-state index is 12.0. The van der Waals surface area contributed by atoms with Crippen molar-refractivity contribution in [1.82, 2.24) is 0 Å². The van der Waals surface area contributed by atoms with E-state index < -0.39 is 17.5 Å². The number of carboxylic acid groups (broad SMARTS) is 1. The van der Waals surface area contributed by atoms with Crippen LogP contribution in [0, 0.1) is 0 Å². The summed E-state index contributed by atoms with van der Waals surface area (Å²) < 4.78 is 5.56. The highest BCUT2D eigenvalue weighted by Crippen LogP contribution is 2.46. The number of nitrogens with zero attached hydrogens (tertiary/aromatic N) is 1. The maximum absolute atomic E-state index is 12.0. The number of ether oxygens (including phenoxy) is 1. The molecule has 0 aromatic heterocycles. The number of hydrogen-bond donors (Lipinski definition) is 1. The first-order valence-corrected chi connectivity index (χ1v) is 6.78. The minimum Gasteiger partial charge on any atom is -0.481 e. The fourth-order valence-electron chi connectivity index (χ4n) is 2.97. The zero-order chi connectivity index (χ0) is 14.5. The van der Waals surface area contributed by atoms with E-state index in [2.05, 4.69) is 0 Å². The van der Waals surface area contributed by atoms with Gasteiger partial charge in [-0.15, -0.1) is 0 Å². The Hall–Kier alpha value is -2.04. The van der Waals surface area contributed by atoms with Crippen molar-refractivity contribution in [3.8, 4) is 5.75 Å². The Bertz CT molecular complexity index is 592. The van der Waals surface area contributed by atoms with Crippen LogP contribution in [0.25, 0.3) is 0 Å². The first-order chi connectivity index (χ1) is 9.45. The number of benzene rings is 1.